The van der Waals surface area contributed by atoms with Crippen molar-refractivity contribution in [3.8, 4) is 11.4 Å². The van der Waals surface area contributed by atoms with Gasteiger partial charge in [0, 0.05) is 22.6 Å². The zero-order valence-electron chi connectivity index (χ0n) is 16.7. The Morgan fingerprint density at radius 1 is 1.32 bits per heavy atom. The number of ether oxygens (including phenoxy) is 1. The van der Waals surface area contributed by atoms with Crippen LogP contribution < -0.4 is 11.3 Å². The van der Waals surface area contributed by atoms with Crippen LogP contribution in [0, 0.1) is 0 Å². The Morgan fingerprint density at radius 2 is 2.13 bits per heavy atom. The highest BCUT2D eigenvalue weighted by Crippen LogP contribution is 2.38. The maximum Gasteiger partial charge on any atom is 0.343 e. The van der Waals surface area contributed by atoms with Crippen molar-refractivity contribution in [3.63, 3.8) is 0 Å². The third-order valence-corrected chi connectivity index (χ3v) is 5.97. The number of nitrogens with zero attached hydrogens (tertiary/aromatic N) is 2. The first kappa shape index (κ1) is 19.2. The molecular weight excluding hydrogens is 398 g/mol. The van der Waals surface area contributed by atoms with E-state index < -0.39 is 17.5 Å². The van der Waals surface area contributed by atoms with Crippen LogP contribution in [0.3, 0.4) is 0 Å². The third-order valence-electron chi connectivity index (χ3n) is 5.97. The Bertz CT molecular complexity index is 1390. The van der Waals surface area contributed by atoms with Gasteiger partial charge in [-0.25, -0.2) is 9.78 Å². The summed E-state index contributed by atoms with van der Waals surface area (Å²) in [5, 5.41) is 11.8. The fourth-order valence-electron chi connectivity index (χ4n) is 4.29. The van der Waals surface area contributed by atoms with E-state index in [0.29, 0.717) is 29.1 Å². The van der Waals surface area contributed by atoms with Crippen molar-refractivity contribution in [2.45, 2.75) is 32.1 Å². The molecule has 3 N–H and O–H groups in total. The summed E-state index contributed by atoms with van der Waals surface area (Å²) in [6.45, 7) is 1.85. The maximum absolute atomic E-state index is 13.2. The molecule has 31 heavy (non-hydrogen) atoms. The molecule has 0 unspecified atom stereocenters. The van der Waals surface area contributed by atoms with Gasteiger partial charge in [-0.15, -0.1) is 0 Å². The van der Waals surface area contributed by atoms with Crippen molar-refractivity contribution in [2.75, 3.05) is 0 Å². The monoisotopic (exact) mass is 417 g/mol. The van der Waals surface area contributed by atoms with Gasteiger partial charge in [0.2, 0.25) is 5.91 Å². The average Bonchev–Trinajstić information content (AvgIpc) is 3.11. The molecule has 1 amide bonds. The maximum atomic E-state index is 13.2. The molecule has 1 atom stereocenters. The molecule has 0 bridgehead atoms. The highest BCUT2D eigenvalue weighted by molar-refractivity contribution is 5.92. The topological polar surface area (TPSA) is 125 Å². The molecule has 0 saturated carbocycles. The summed E-state index contributed by atoms with van der Waals surface area (Å²) in [6, 6.07) is 9.19. The van der Waals surface area contributed by atoms with Crippen LogP contribution >= 0.6 is 0 Å². The summed E-state index contributed by atoms with van der Waals surface area (Å²) >= 11 is 0. The Balaban J connectivity index is 1.68. The van der Waals surface area contributed by atoms with E-state index >= 15 is 0 Å². The van der Waals surface area contributed by atoms with Gasteiger partial charge in [0.15, 0.2) is 5.60 Å². The van der Waals surface area contributed by atoms with E-state index in [9.17, 15) is 19.5 Å². The van der Waals surface area contributed by atoms with Gasteiger partial charge in [-0.05, 0) is 42.3 Å². The SMILES string of the molecule is CC[C@@]1(O)C(=O)OCc2c1cc1n(c2=O)Cc2cc3cc(/C=C/C(N)=O)ccc3nc2-1. The molecule has 0 spiro atoms. The van der Waals surface area contributed by atoms with Gasteiger partial charge in [-0.1, -0.05) is 13.0 Å². The Labute approximate surface area is 176 Å². The molecule has 4 heterocycles. The molecule has 2 aromatic heterocycles. The molecular formula is C23H19N3O5. The lowest BCUT2D eigenvalue weighted by Crippen LogP contribution is -2.44. The van der Waals surface area contributed by atoms with Gasteiger partial charge in [0.25, 0.3) is 5.56 Å². The summed E-state index contributed by atoms with van der Waals surface area (Å²) in [4.78, 5) is 41.1. The minimum Gasteiger partial charge on any atom is -0.458 e. The molecule has 8 nitrogen and oxygen atoms in total. The van der Waals surface area contributed by atoms with Crippen LogP contribution in [-0.2, 0) is 33.1 Å². The smallest absolute Gasteiger partial charge is 0.343 e. The molecule has 3 aromatic rings. The molecule has 0 radical (unpaired) electrons. The van der Waals surface area contributed by atoms with E-state index in [4.69, 9.17) is 15.5 Å². The Kier molecular flexibility index (Phi) is 4.10. The van der Waals surface area contributed by atoms with Crippen molar-refractivity contribution in [1.82, 2.24) is 9.55 Å². The van der Waals surface area contributed by atoms with Crippen LogP contribution in [0.2, 0.25) is 0 Å². The molecule has 0 aliphatic carbocycles. The number of carbonyl (C=O) groups excluding carboxylic acids is 2. The second-order valence-corrected chi connectivity index (χ2v) is 7.79. The number of aliphatic hydroxyl groups is 1. The summed E-state index contributed by atoms with van der Waals surface area (Å²) in [7, 11) is 0. The van der Waals surface area contributed by atoms with E-state index in [1.54, 1.807) is 23.6 Å². The quantitative estimate of drug-likeness (QED) is 0.385. The van der Waals surface area contributed by atoms with Gasteiger partial charge in [0.1, 0.15) is 6.61 Å². The predicted molar refractivity (Wildman–Crippen MR) is 113 cm³/mol. The number of benzene rings is 1. The summed E-state index contributed by atoms with van der Waals surface area (Å²) in [5.74, 6) is -1.27. The number of rotatable bonds is 3. The van der Waals surface area contributed by atoms with Crippen LogP contribution in [0.4, 0.5) is 0 Å². The first-order valence-corrected chi connectivity index (χ1v) is 9.90. The van der Waals surface area contributed by atoms with Crippen LogP contribution in [0.1, 0.15) is 35.6 Å². The molecule has 5 rings (SSSR count). The first-order valence-electron chi connectivity index (χ1n) is 9.90. The van der Waals surface area contributed by atoms with E-state index in [2.05, 4.69) is 0 Å². The van der Waals surface area contributed by atoms with Crippen LogP contribution in [-0.4, -0.2) is 26.5 Å². The number of primary amides is 1. The molecule has 0 fully saturated rings. The average molecular weight is 417 g/mol. The first-order chi connectivity index (χ1) is 14.8. The summed E-state index contributed by atoms with van der Waals surface area (Å²) in [6.07, 6.45) is 3.02. The van der Waals surface area contributed by atoms with Crippen molar-refractivity contribution in [2.24, 2.45) is 5.73 Å². The minimum absolute atomic E-state index is 0.0985. The van der Waals surface area contributed by atoms with Crippen LogP contribution in [0.25, 0.3) is 28.4 Å². The van der Waals surface area contributed by atoms with Gasteiger partial charge < -0.3 is 20.1 Å². The van der Waals surface area contributed by atoms with Crippen molar-refractivity contribution in [3.05, 3.63) is 69.0 Å². The number of aromatic nitrogens is 2. The largest absolute Gasteiger partial charge is 0.458 e. The zero-order chi connectivity index (χ0) is 21.9. The van der Waals surface area contributed by atoms with Gasteiger partial charge in [-0.2, -0.15) is 0 Å². The Hall–Kier alpha value is -3.78. The molecule has 156 valence electrons. The van der Waals surface area contributed by atoms with E-state index in [1.165, 1.54) is 6.08 Å². The number of amides is 1. The van der Waals surface area contributed by atoms with Crippen molar-refractivity contribution < 1.29 is 19.4 Å². The third kappa shape index (κ3) is 2.79. The number of fused-ring (bicyclic) bond motifs is 5. The van der Waals surface area contributed by atoms with Crippen LogP contribution in [0.15, 0.2) is 41.2 Å². The highest BCUT2D eigenvalue weighted by Gasteiger charge is 2.45. The number of cyclic esters (lactones) is 1. The summed E-state index contributed by atoms with van der Waals surface area (Å²) in [5.41, 5.74) is 7.21. The lowest BCUT2D eigenvalue weighted by atomic mass is 9.86. The van der Waals surface area contributed by atoms with Crippen molar-refractivity contribution in [1.29, 1.82) is 0 Å². The molecule has 8 heteroatoms. The number of hydrogen-bond acceptors (Lipinski definition) is 6. The van der Waals surface area contributed by atoms with Gasteiger partial charge >= 0.3 is 5.97 Å². The molecule has 0 saturated heterocycles. The Morgan fingerprint density at radius 3 is 2.87 bits per heavy atom. The zero-order valence-corrected chi connectivity index (χ0v) is 16.7. The fraction of sp³-hybridized carbons (Fsp3) is 0.217. The number of pyridine rings is 2. The lowest BCUT2D eigenvalue weighted by Gasteiger charge is -2.31. The van der Waals surface area contributed by atoms with E-state index in [0.717, 1.165) is 22.0 Å². The van der Waals surface area contributed by atoms with Crippen LogP contribution in [0.5, 0.6) is 0 Å². The number of esters is 1. The number of nitrogens with two attached hydrogens (primary N) is 1. The highest BCUT2D eigenvalue weighted by atomic mass is 16.6. The van der Waals surface area contributed by atoms with Gasteiger partial charge in [0.05, 0.1) is 29.0 Å². The lowest BCUT2D eigenvalue weighted by molar-refractivity contribution is -0.172. The predicted octanol–water partition coefficient (Wildman–Crippen LogP) is 1.58. The minimum atomic E-state index is -1.84. The molecule has 2 aliphatic rings. The standard InChI is InChI=1S/C23H19N3O5/c1-2-23(30)16-9-18-20-14(10-26(18)21(28)15(16)11-31-22(23)29)8-13-7-12(4-6-19(24)27)3-5-17(13)25-20/h3-9,30H,2,10-11H2,1H3,(H2,24,27)/b6-4+/t23-/m0/s1. The van der Waals surface area contributed by atoms with E-state index in [1.807, 2.05) is 24.3 Å². The second kappa shape index (κ2) is 6.61. The normalized spacial score (nSPS) is 19.2. The molecule has 1 aromatic carbocycles. The number of hydrogen-bond donors (Lipinski definition) is 2. The summed E-state index contributed by atoms with van der Waals surface area (Å²) < 4.78 is 6.68. The van der Waals surface area contributed by atoms with Gasteiger partial charge in [-0.3, -0.25) is 9.59 Å². The number of carbonyl (C=O) groups is 2. The van der Waals surface area contributed by atoms with E-state index in [-0.39, 0.29) is 18.6 Å². The molecule has 2 aliphatic heterocycles. The second-order valence-electron chi connectivity index (χ2n) is 7.79. The van der Waals surface area contributed by atoms with Crippen molar-refractivity contribution >= 4 is 28.9 Å². The fourth-order valence-corrected chi connectivity index (χ4v) is 4.29.